The highest BCUT2D eigenvalue weighted by Gasteiger charge is 2.11. The maximum absolute atomic E-state index is 12.5. The number of methoxy groups -OCH3 is 2. The fourth-order valence-corrected chi connectivity index (χ4v) is 3.76. The number of nitrogens with zero attached hydrogens (tertiary/aromatic N) is 2. The van der Waals surface area contributed by atoms with Crippen LogP contribution in [-0.2, 0) is 24.3 Å². The van der Waals surface area contributed by atoms with E-state index in [-0.39, 0.29) is 5.91 Å². The molecule has 0 aliphatic rings. The Labute approximate surface area is 193 Å². The summed E-state index contributed by atoms with van der Waals surface area (Å²) in [5.41, 5.74) is 4.02. The number of carbonyl (C=O) groups excluding carboxylic acids is 1. The van der Waals surface area contributed by atoms with E-state index in [1.54, 1.807) is 20.3 Å². The van der Waals surface area contributed by atoms with Crippen molar-refractivity contribution < 1.29 is 14.3 Å². The number of fused-ring (bicyclic) bond motifs is 1. The zero-order chi connectivity index (χ0) is 23.0. The standard InChI is InChI=1S/C27H27N3O3/c1-32-22-13-14-25(33-2)21(18-22)12-15-27(31)28-19-26-29-23-10-6-7-11-24(23)30(26)17-16-20-8-4-3-5-9-20/h3-15,18H,16-17,19H2,1-2H3,(H,28,31)/b15-12+. The summed E-state index contributed by atoms with van der Waals surface area (Å²) in [5, 5.41) is 2.95. The molecule has 33 heavy (non-hydrogen) atoms. The van der Waals surface area contributed by atoms with Gasteiger partial charge in [0.1, 0.15) is 17.3 Å². The molecule has 0 saturated carbocycles. The van der Waals surface area contributed by atoms with Crippen LogP contribution in [0, 0.1) is 0 Å². The van der Waals surface area contributed by atoms with Crippen LogP contribution in [0.15, 0.2) is 78.9 Å². The highest BCUT2D eigenvalue weighted by atomic mass is 16.5. The molecule has 4 aromatic rings. The lowest BCUT2D eigenvalue weighted by atomic mass is 10.1. The SMILES string of the molecule is COc1ccc(OC)c(/C=C/C(=O)NCc2nc3ccccc3n2CCc2ccccc2)c1. The van der Waals surface area contributed by atoms with Crippen LogP contribution in [0.4, 0.5) is 0 Å². The molecule has 6 nitrogen and oxygen atoms in total. The molecule has 0 atom stereocenters. The Balaban J connectivity index is 1.48. The van der Waals surface area contributed by atoms with Crippen LogP contribution in [0.25, 0.3) is 17.1 Å². The monoisotopic (exact) mass is 441 g/mol. The van der Waals surface area contributed by atoms with E-state index in [9.17, 15) is 4.79 Å². The number of hydrogen-bond donors (Lipinski definition) is 1. The first kappa shape index (κ1) is 22.1. The van der Waals surface area contributed by atoms with E-state index in [0.29, 0.717) is 18.0 Å². The molecule has 0 saturated heterocycles. The first-order valence-electron chi connectivity index (χ1n) is 10.8. The Bertz CT molecular complexity index is 1260. The van der Waals surface area contributed by atoms with Gasteiger partial charge in [-0.15, -0.1) is 0 Å². The number of benzene rings is 3. The number of amides is 1. The van der Waals surface area contributed by atoms with Crippen LogP contribution in [-0.4, -0.2) is 29.7 Å². The van der Waals surface area contributed by atoms with E-state index in [2.05, 4.69) is 28.1 Å². The number of hydrogen-bond acceptors (Lipinski definition) is 4. The van der Waals surface area contributed by atoms with Gasteiger partial charge >= 0.3 is 0 Å². The van der Waals surface area contributed by atoms with E-state index in [0.717, 1.165) is 35.4 Å². The Kier molecular flexibility index (Phi) is 7.05. The second-order valence-corrected chi connectivity index (χ2v) is 7.56. The molecule has 0 spiro atoms. The molecular formula is C27H27N3O3. The second kappa shape index (κ2) is 10.5. The van der Waals surface area contributed by atoms with E-state index >= 15 is 0 Å². The lowest BCUT2D eigenvalue weighted by Crippen LogP contribution is -2.23. The van der Waals surface area contributed by atoms with E-state index in [1.807, 2.05) is 54.6 Å². The second-order valence-electron chi connectivity index (χ2n) is 7.56. The van der Waals surface area contributed by atoms with Gasteiger partial charge < -0.3 is 19.4 Å². The van der Waals surface area contributed by atoms with E-state index in [4.69, 9.17) is 14.5 Å². The smallest absolute Gasteiger partial charge is 0.244 e. The third kappa shape index (κ3) is 5.41. The summed E-state index contributed by atoms with van der Waals surface area (Å²) >= 11 is 0. The van der Waals surface area contributed by atoms with Gasteiger partial charge in [0.05, 0.1) is 31.8 Å². The van der Waals surface area contributed by atoms with E-state index < -0.39 is 0 Å². The molecule has 0 unspecified atom stereocenters. The summed E-state index contributed by atoms with van der Waals surface area (Å²) in [6.45, 7) is 1.12. The van der Waals surface area contributed by atoms with Crippen molar-refractivity contribution in [1.29, 1.82) is 0 Å². The molecule has 0 aliphatic carbocycles. The average Bonchev–Trinajstić information content (AvgIpc) is 3.22. The molecule has 1 N–H and O–H groups in total. The molecule has 1 aromatic heterocycles. The van der Waals surface area contributed by atoms with Gasteiger partial charge in [-0.25, -0.2) is 4.98 Å². The Morgan fingerprint density at radius 3 is 2.58 bits per heavy atom. The quantitative estimate of drug-likeness (QED) is 0.385. The summed E-state index contributed by atoms with van der Waals surface area (Å²) < 4.78 is 12.8. The normalized spacial score (nSPS) is 11.1. The first-order valence-corrected chi connectivity index (χ1v) is 10.8. The molecular weight excluding hydrogens is 414 g/mol. The predicted molar refractivity (Wildman–Crippen MR) is 130 cm³/mol. The lowest BCUT2D eigenvalue weighted by molar-refractivity contribution is -0.116. The third-order valence-electron chi connectivity index (χ3n) is 5.47. The number of para-hydroxylation sites is 2. The van der Waals surface area contributed by atoms with Gasteiger partial charge in [0.15, 0.2) is 0 Å². The number of aryl methyl sites for hydroxylation is 2. The van der Waals surface area contributed by atoms with Gasteiger partial charge in [-0.2, -0.15) is 0 Å². The zero-order valence-electron chi connectivity index (χ0n) is 18.8. The summed E-state index contributed by atoms with van der Waals surface area (Å²) in [5.74, 6) is 1.99. The predicted octanol–water partition coefficient (Wildman–Crippen LogP) is 4.63. The summed E-state index contributed by atoms with van der Waals surface area (Å²) in [7, 11) is 3.20. The van der Waals surface area contributed by atoms with Crippen LogP contribution in [0.1, 0.15) is 17.0 Å². The van der Waals surface area contributed by atoms with E-state index in [1.165, 1.54) is 11.6 Å². The Morgan fingerprint density at radius 1 is 1.00 bits per heavy atom. The van der Waals surface area contributed by atoms with Crippen molar-refractivity contribution in [3.63, 3.8) is 0 Å². The number of carbonyl (C=O) groups is 1. The summed E-state index contributed by atoms with van der Waals surface area (Å²) in [6.07, 6.45) is 4.10. The van der Waals surface area contributed by atoms with Crippen molar-refractivity contribution in [2.45, 2.75) is 19.5 Å². The fraction of sp³-hybridized carbons (Fsp3) is 0.185. The van der Waals surface area contributed by atoms with Gasteiger partial charge in [0.2, 0.25) is 5.91 Å². The van der Waals surface area contributed by atoms with Crippen LogP contribution in [0.3, 0.4) is 0 Å². The number of nitrogens with one attached hydrogen (secondary N) is 1. The van der Waals surface area contributed by atoms with Gasteiger partial charge in [-0.3, -0.25) is 4.79 Å². The van der Waals surface area contributed by atoms with Gasteiger partial charge in [0, 0.05) is 18.2 Å². The number of aromatic nitrogens is 2. The highest BCUT2D eigenvalue weighted by molar-refractivity contribution is 5.92. The third-order valence-corrected chi connectivity index (χ3v) is 5.47. The minimum atomic E-state index is -0.207. The van der Waals surface area contributed by atoms with Crippen molar-refractivity contribution >= 4 is 23.0 Å². The van der Waals surface area contributed by atoms with Crippen LogP contribution in [0.2, 0.25) is 0 Å². The van der Waals surface area contributed by atoms with Crippen molar-refractivity contribution in [1.82, 2.24) is 14.9 Å². The maximum Gasteiger partial charge on any atom is 0.244 e. The zero-order valence-corrected chi connectivity index (χ0v) is 18.8. The molecule has 0 fully saturated rings. The summed E-state index contributed by atoms with van der Waals surface area (Å²) in [4.78, 5) is 17.3. The molecule has 1 amide bonds. The first-order chi connectivity index (χ1) is 16.2. The Morgan fingerprint density at radius 2 is 1.79 bits per heavy atom. The van der Waals surface area contributed by atoms with Crippen molar-refractivity contribution in [2.75, 3.05) is 14.2 Å². The molecule has 1 heterocycles. The van der Waals surface area contributed by atoms with Crippen LogP contribution < -0.4 is 14.8 Å². The average molecular weight is 442 g/mol. The highest BCUT2D eigenvalue weighted by Crippen LogP contribution is 2.25. The number of rotatable bonds is 9. The minimum Gasteiger partial charge on any atom is -0.497 e. The Hall–Kier alpha value is -4.06. The van der Waals surface area contributed by atoms with Gasteiger partial charge in [-0.1, -0.05) is 42.5 Å². The number of imidazole rings is 1. The number of ether oxygens (including phenoxy) is 2. The van der Waals surface area contributed by atoms with Crippen molar-refractivity contribution in [3.8, 4) is 11.5 Å². The largest absolute Gasteiger partial charge is 0.497 e. The maximum atomic E-state index is 12.5. The lowest BCUT2D eigenvalue weighted by Gasteiger charge is -2.10. The van der Waals surface area contributed by atoms with Crippen molar-refractivity contribution in [2.24, 2.45) is 0 Å². The molecule has 6 heteroatoms. The van der Waals surface area contributed by atoms with Crippen LogP contribution in [0.5, 0.6) is 11.5 Å². The summed E-state index contributed by atoms with van der Waals surface area (Å²) in [6, 6.07) is 23.9. The molecule has 168 valence electrons. The molecule has 0 radical (unpaired) electrons. The topological polar surface area (TPSA) is 65.4 Å². The molecule has 3 aromatic carbocycles. The molecule has 0 bridgehead atoms. The van der Waals surface area contributed by atoms with Crippen molar-refractivity contribution in [3.05, 3.63) is 95.8 Å². The minimum absolute atomic E-state index is 0.207. The molecule has 4 rings (SSSR count). The van der Waals surface area contributed by atoms with Gasteiger partial charge in [0.25, 0.3) is 0 Å². The molecule has 0 aliphatic heterocycles. The van der Waals surface area contributed by atoms with Crippen LogP contribution >= 0.6 is 0 Å². The van der Waals surface area contributed by atoms with Gasteiger partial charge in [-0.05, 0) is 48.4 Å². The fourth-order valence-electron chi connectivity index (χ4n) is 3.76.